The highest BCUT2D eigenvalue weighted by Gasteiger charge is 2.17. The third-order valence-electron chi connectivity index (χ3n) is 5.18. The molecule has 0 aliphatic rings. The lowest BCUT2D eigenvalue weighted by Crippen LogP contribution is -2.23. The van der Waals surface area contributed by atoms with Gasteiger partial charge in [-0.2, -0.15) is 5.10 Å². The molecule has 0 radical (unpaired) electrons. The van der Waals surface area contributed by atoms with E-state index < -0.39 is 4.92 Å². The molecule has 0 aliphatic heterocycles. The lowest BCUT2D eigenvalue weighted by Gasteiger charge is -2.06. The molecular formula is C24H22N4O5. The number of amides is 1. The van der Waals surface area contributed by atoms with Crippen molar-refractivity contribution in [2.24, 2.45) is 0 Å². The van der Waals surface area contributed by atoms with Gasteiger partial charge in [-0.1, -0.05) is 30.3 Å². The molecular weight excluding hydrogens is 424 g/mol. The first-order valence-electron chi connectivity index (χ1n) is 10.3. The Bertz CT molecular complexity index is 1290. The van der Waals surface area contributed by atoms with E-state index in [9.17, 15) is 14.9 Å². The van der Waals surface area contributed by atoms with Gasteiger partial charge in [0.05, 0.1) is 16.3 Å². The number of ether oxygens (including phenoxy) is 1. The quantitative estimate of drug-likeness (QED) is 0.315. The van der Waals surface area contributed by atoms with Crippen molar-refractivity contribution >= 4 is 11.6 Å². The predicted octanol–water partition coefficient (Wildman–Crippen LogP) is 4.50. The number of benzene rings is 2. The molecule has 0 bridgehead atoms. The van der Waals surface area contributed by atoms with Gasteiger partial charge in [0.25, 0.3) is 5.91 Å². The zero-order valence-electron chi connectivity index (χ0n) is 18.1. The lowest BCUT2D eigenvalue weighted by atomic mass is 10.2. The van der Waals surface area contributed by atoms with Crippen LogP contribution >= 0.6 is 0 Å². The van der Waals surface area contributed by atoms with Gasteiger partial charge in [0.15, 0.2) is 11.5 Å². The molecule has 33 heavy (non-hydrogen) atoms. The van der Waals surface area contributed by atoms with Crippen LogP contribution in [0.25, 0.3) is 5.69 Å². The number of nitrogens with zero attached hydrogens (tertiary/aromatic N) is 3. The summed E-state index contributed by atoms with van der Waals surface area (Å²) in [5.74, 6) is 0.258. The van der Waals surface area contributed by atoms with Crippen molar-refractivity contribution < 1.29 is 18.9 Å². The van der Waals surface area contributed by atoms with E-state index in [4.69, 9.17) is 9.15 Å². The number of rotatable bonds is 8. The summed E-state index contributed by atoms with van der Waals surface area (Å²) in [5.41, 5.74) is 3.51. The van der Waals surface area contributed by atoms with Gasteiger partial charge in [-0.3, -0.25) is 14.9 Å². The van der Waals surface area contributed by atoms with Gasteiger partial charge >= 0.3 is 5.69 Å². The van der Waals surface area contributed by atoms with Crippen molar-refractivity contribution in [3.8, 4) is 11.4 Å². The summed E-state index contributed by atoms with van der Waals surface area (Å²) in [6, 6.07) is 19.0. The molecule has 0 atom stereocenters. The number of nitrogens with one attached hydrogen (secondary N) is 1. The minimum Gasteiger partial charge on any atom is -0.479 e. The topological polar surface area (TPSA) is 112 Å². The van der Waals surface area contributed by atoms with Crippen LogP contribution in [0.2, 0.25) is 0 Å². The number of aryl methyl sites for hydroxylation is 1. The van der Waals surface area contributed by atoms with E-state index in [-0.39, 0.29) is 29.7 Å². The normalized spacial score (nSPS) is 10.7. The van der Waals surface area contributed by atoms with Crippen molar-refractivity contribution in [2.75, 3.05) is 0 Å². The molecule has 4 aromatic rings. The molecule has 0 fully saturated rings. The molecule has 0 saturated carbocycles. The Morgan fingerprint density at radius 2 is 1.82 bits per heavy atom. The number of aromatic nitrogens is 2. The molecule has 9 nitrogen and oxygen atoms in total. The van der Waals surface area contributed by atoms with Gasteiger partial charge in [-0.25, -0.2) is 4.68 Å². The van der Waals surface area contributed by atoms with Gasteiger partial charge in [0, 0.05) is 23.9 Å². The number of furan rings is 1. The Morgan fingerprint density at radius 3 is 2.58 bits per heavy atom. The number of hydrogen-bond donors (Lipinski definition) is 1. The molecule has 168 valence electrons. The Labute approximate surface area is 189 Å². The summed E-state index contributed by atoms with van der Waals surface area (Å²) in [6.45, 7) is 4.12. The summed E-state index contributed by atoms with van der Waals surface area (Å²) in [4.78, 5) is 23.2. The first-order chi connectivity index (χ1) is 15.9. The fourth-order valence-corrected chi connectivity index (χ4v) is 3.46. The van der Waals surface area contributed by atoms with Crippen LogP contribution in [0.4, 0.5) is 5.69 Å². The van der Waals surface area contributed by atoms with Crippen LogP contribution in [0.5, 0.6) is 5.75 Å². The van der Waals surface area contributed by atoms with E-state index in [2.05, 4.69) is 10.4 Å². The maximum Gasteiger partial charge on any atom is 0.310 e. The van der Waals surface area contributed by atoms with Crippen LogP contribution in [-0.4, -0.2) is 20.6 Å². The van der Waals surface area contributed by atoms with Gasteiger partial charge < -0.3 is 14.5 Å². The molecule has 2 heterocycles. The van der Waals surface area contributed by atoms with Crippen molar-refractivity contribution in [3.05, 3.63) is 105 Å². The zero-order chi connectivity index (χ0) is 23.4. The van der Waals surface area contributed by atoms with Crippen molar-refractivity contribution in [3.63, 3.8) is 0 Å². The molecule has 0 unspecified atom stereocenters. The highest BCUT2D eigenvalue weighted by Crippen LogP contribution is 2.27. The molecule has 1 amide bonds. The highest BCUT2D eigenvalue weighted by atomic mass is 16.6. The number of para-hydroxylation sites is 3. The molecule has 0 aliphatic carbocycles. The van der Waals surface area contributed by atoms with E-state index in [1.54, 1.807) is 24.3 Å². The summed E-state index contributed by atoms with van der Waals surface area (Å²) < 4.78 is 12.9. The monoisotopic (exact) mass is 446 g/mol. The smallest absolute Gasteiger partial charge is 0.310 e. The largest absolute Gasteiger partial charge is 0.479 e. The summed E-state index contributed by atoms with van der Waals surface area (Å²) in [5, 5.41) is 18.5. The average molecular weight is 446 g/mol. The molecule has 1 N–H and O–H groups in total. The number of hydrogen-bond acceptors (Lipinski definition) is 6. The van der Waals surface area contributed by atoms with Crippen LogP contribution < -0.4 is 10.1 Å². The summed E-state index contributed by atoms with van der Waals surface area (Å²) in [6.07, 6.45) is 0. The third-order valence-corrected chi connectivity index (χ3v) is 5.18. The maximum absolute atomic E-state index is 12.6. The minimum absolute atomic E-state index is 0.0415. The van der Waals surface area contributed by atoms with E-state index >= 15 is 0 Å². The molecule has 2 aromatic heterocycles. The Morgan fingerprint density at radius 1 is 1.09 bits per heavy atom. The fraction of sp³-hybridized carbons (Fsp3) is 0.167. The Hall–Kier alpha value is -4.40. The minimum atomic E-state index is -0.514. The summed E-state index contributed by atoms with van der Waals surface area (Å²) >= 11 is 0. The van der Waals surface area contributed by atoms with E-state index in [0.717, 1.165) is 22.6 Å². The molecule has 4 rings (SSSR count). The van der Waals surface area contributed by atoms with E-state index in [1.165, 1.54) is 12.1 Å². The van der Waals surface area contributed by atoms with E-state index in [1.807, 2.05) is 48.9 Å². The fourth-order valence-electron chi connectivity index (χ4n) is 3.46. The van der Waals surface area contributed by atoms with E-state index in [0.29, 0.717) is 12.3 Å². The second-order valence-electron chi connectivity index (χ2n) is 7.36. The molecule has 0 spiro atoms. The third kappa shape index (κ3) is 4.77. The van der Waals surface area contributed by atoms with Crippen molar-refractivity contribution in [2.45, 2.75) is 27.0 Å². The van der Waals surface area contributed by atoms with Crippen molar-refractivity contribution in [1.29, 1.82) is 0 Å². The number of carbonyl (C=O) groups excluding carboxylic acids is 1. The SMILES string of the molecule is Cc1nn(-c2ccccc2)c(C)c1CNC(=O)c1ccc(COc2ccccc2[N+](=O)[O-])o1. The standard InChI is InChI=1S/C24H22N4O5/c1-16-20(17(2)27(26-16)18-8-4-3-5-9-18)14-25-24(29)23-13-12-19(33-23)15-32-22-11-7-6-10-21(22)28(30)31/h3-13H,14-15H2,1-2H3,(H,25,29). The van der Waals surface area contributed by atoms with Gasteiger partial charge in [0.2, 0.25) is 0 Å². The summed E-state index contributed by atoms with van der Waals surface area (Å²) in [7, 11) is 0. The molecule has 9 heteroatoms. The van der Waals surface area contributed by atoms with Gasteiger partial charge in [0.1, 0.15) is 12.4 Å². The predicted molar refractivity (Wildman–Crippen MR) is 120 cm³/mol. The zero-order valence-corrected chi connectivity index (χ0v) is 18.1. The first-order valence-corrected chi connectivity index (χ1v) is 10.3. The average Bonchev–Trinajstić information content (AvgIpc) is 3.41. The van der Waals surface area contributed by atoms with Crippen LogP contribution in [0.3, 0.4) is 0 Å². The number of nitro benzene ring substituents is 1. The molecule has 2 aromatic carbocycles. The Balaban J connectivity index is 1.39. The maximum atomic E-state index is 12.6. The number of nitro groups is 1. The van der Waals surface area contributed by atoms with Gasteiger partial charge in [-0.05, 0) is 44.2 Å². The van der Waals surface area contributed by atoms with Crippen LogP contribution in [0.15, 0.2) is 71.1 Å². The van der Waals surface area contributed by atoms with Crippen LogP contribution in [-0.2, 0) is 13.2 Å². The van der Waals surface area contributed by atoms with Gasteiger partial charge in [-0.15, -0.1) is 0 Å². The first kappa shape index (κ1) is 21.8. The van der Waals surface area contributed by atoms with Crippen LogP contribution in [0, 0.1) is 24.0 Å². The van der Waals surface area contributed by atoms with Crippen molar-refractivity contribution in [1.82, 2.24) is 15.1 Å². The second-order valence-corrected chi connectivity index (χ2v) is 7.36. The lowest BCUT2D eigenvalue weighted by molar-refractivity contribution is -0.386. The Kier molecular flexibility index (Phi) is 6.21. The second kappa shape index (κ2) is 9.39. The molecule has 0 saturated heterocycles. The van der Waals surface area contributed by atoms with Crippen LogP contribution in [0.1, 0.15) is 33.3 Å². The highest BCUT2D eigenvalue weighted by molar-refractivity contribution is 5.91. The number of carbonyl (C=O) groups is 1.